The van der Waals surface area contributed by atoms with E-state index in [0.29, 0.717) is 32.5 Å². The van der Waals surface area contributed by atoms with Crippen LogP contribution in [0.1, 0.15) is 32.5 Å². The average Bonchev–Trinajstić information content (AvgIpc) is 3.41. The Morgan fingerprint density at radius 3 is 1.00 bits per heavy atom. The molecule has 6 nitrogen and oxygen atoms in total. The van der Waals surface area contributed by atoms with E-state index in [1.807, 2.05) is 24.3 Å². The fourth-order valence-corrected chi connectivity index (χ4v) is 5.02. The predicted molar refractivity (Wildman–Crippen MR) is 125 cm³/mol. The molecule has 7 heteroatoms. The molecule has 0 spiro atoms. The van der Waals surface area contributed by atoms with Crippen LogP contribution in [0, 0.1) is 0 Å². The first-order valence-electron chi connectivity index (χ1n) is 10.3. The van der Waals surface area contributed by atoms with Crippen molar-refractivity contribution in [2.75, 3.05) is 0 Å². The average molecular weight is 453 g/mol. The second-order valence-electron chi connectivity index (χ2n) is 7.44. The molecule has 0 aromatic carbocycles. The van der Waals surface area contributed by atoms with E-state index in [1.54, 1.807) is 85.5 Å². The summed E-state index contributed by atoms with van der Waals surface area (Å²) in [7, 11) is 0. The maximum absolute atomic E-state index is 12.0. The highest BCUT2D eigenvalue weighted by atomic mass is 32.1. The summed E-state index contributed by atoms with van der Waals surface area (Å²) in [5.74, 6) is 0. The summed E-state index contributed by atoms with van der Waals surface area (Å²) in [4.78, 5) is 18.8. The molecular weight excluding hydrogens is 432 g/mol. The van der Waals surface area contributed by atoms with Crippen molar-refractivity contribution in [2.45, 2.75) is 11.2 Å². The van der Waals surface area contributed by atoms with Gasteiger partial charge in [-0.05, 0) is 60.7 Å². The fraction of sp³-hybridized carbons (Fsp3) is 0.0769. The molecule has 0 unspecified atom stereocenters. The van der Waals surface area contributed by atoms with Crippen molar-refractivity contribution in [1.29, 1.82) is 0 Å². The lowest BCUT2D eigenvalue weighted by molar-refractivity contribution is 0.119. The number of hydrogen-bond donors (Lipinski definition) is 2. The molecule has 2 N–H and O–H groups in total. The van der Waals surface area contributed by atoms with E-state index in [1.165, 1.54) is 11.3 Å². The molecule has 162 valence electrons. The van der Waals surface area contributed by atoms with Crippen molar-refractivity contribution in [1.82, 2.24) is 19.9 Å². The third-order valence-corrected chi connectivity index (χ3v) is 6.76. The van der Waals surface area contributed by atoms with Gasteiger partial charge in [0.25, 0.3) is 0 Å². The van der Waals surface area contributed by atoms with Crippen molar-refractivity contribution in [3.05, 3.63) is 142 Å². The van der Waals surface area contributed by atoms with Gasteiger partial charge in [0.1, 0.15) is 0 Å². The van der Waals surface area contributed by atoms with Gasteiger partial charge < -0.3 is 10.2 Å². The zero-order valence-electron chi connectivity index (χ0n) is 17.5. The summed E-state index contributed by atoms with van der Waals surface area (Å²) in [6.07, 6.45) is 6.54. The summed E-state index contributed by atoms with van der Waals surface area (Å²) in [6.45, 7) is 0. The van der Waals surface area contributed by atoms with Crippen LogP contribution in [0.4, 0.5) is 0 Å². The lowest BCUT2D eigenvalue weighted by atomic mass is 9.91. The van der Waals surface area contributed by atoms with Crippen molar-refractivity contribution in [2.24, 2.45) is 0 Å². The molecule has 0 aliphatic heterocycles. The predicted octanol–water partition coefficient (Wildman–Crippen LogP) is 3.90. The van der Waals surface area contributed by atoms with Crippen LogP contribution in [-0.2, 0) is 11.2 Å². The van der Waals surface area contributed by atoms with E-state index in [0.717, 1.165) is 0 Å². The van der Waals surface area contributed by atoms with Crippen LogP contribution >= 0.6 is 11.3 Å². The molecule has 0 amide bonds. The lowest BCUT2D eigenvalue weighted by Crippen LogP contribution is -2.31. The highest BCUT2D eigenvalue weighted by Crippen LogP contribution is 2.44. The van der Waals surface area contributed by atoms with Gasteiger partial charge >= 0.3 is 0 Å². The van der Waals surface area contributed by atoms with Gasteiger partial charge in [-0.1, -0.05) is 24.3 Å². The molecule has 0 bridgehead atoms. The van der Waals surface area contributed by atoms with Gasteiger partial charge in [-0.15, -0.1) is 11.3 Å². The van der Waals surface area contributed by atoms with Crippen molar-refractivity contribution < 1.29 is 10.2 Å². The maximum atomic E-state index is 12.0. The molecule has 5 aromatic heterocycles. The Labute approximate surface area is 194 Å². The summed E-state index contributed by atoms with van der Waals surface area (Å²) in [6, 6.07) is 25.1. The van der Waals surface area contributed by atoms with E-state index in [9.17, 15) is 10.2 Å². The Morgan fingerprint density at radius 1 is 0.455 bits per heavy atom. The number of pyridine rings is 4. The Hall–Kier alpha value is -3.78. The Morgan fingerprint density at radius 2 is 0.758 bits per heavy atom. The van der Waals surface area contributed by atoms with Crippen LogP contribution in [0.5, 0.6) is 0 Å². The molecule has 5 heterocycles. The van der Waals surface area contributed by atoms with Crippen LogP contribution in [0.3, 0.4) is 0 Å². The van der Waals surface area contributed by atoms with Crippen LogP contribution in [0.25, 0.3) is 0 Å². The Kier molecular flexibility index (Phi) is 5.51. The number of thiophene rings is 1. The molecule has 33 heavy (non-hydrogen) atoms. The molecule has 5 rings (SSSR count). The lowest BCUT2D eigenvalue weighted by Gasteiger charge is -2.28. The Balaban J connectivity index is 1.71. The normalized spacial score (nSPS) is 11.9. The van der Waals surface area contributed by atoms with Gasteiger partial charge in [-0.3, -0.25) is 19.9 Å². The van der Waals surface area contributed by atoms with Gasteiger partial charge in [-0.2, -0.15) is 0 Å². The fourth-order valence-electron chi connectivity index (χ4n) is 3.80. The third-order valence-electron chi connectivity index (χ3n) is 5.46. The van der Waals surface area contributed by atoms with Gasteiger partial charge in [0, 0.05) is 34.5 Å². The van der Waals surface area contributed by atoms with E-state index >= 15 is 0 Å². The van der Waals surface area contributed by atoms with Crippen LogP contribution < -0.4 is 0 Å². The van der Waals surface area contributed by atoms with Crippen LogP contribution in [0.2, 0.25) is 0 Å². The highest BCUT2D eigenvalue weighted by Gasteiger charge is 2.42. The SMILES string of the molecule is OC(c1ccccn1)(c1ccccn1)c1ccc(C(O)(c2ccccn2)c2ccccn2)s1. The third kappa shape index (κ3) is 3.62. The topological polar surface area (TPSA) is 92.0 Å². The summed E-state index contributed by atoms with van der Waals surface area (Å²) in [5, 5.41) is 24.0. The van der Waals surface area contributed by atoms with E-state index in [4.69, 9.17) is 0 Å². The minimum Gasteiger partial charge on any atom is -0.372 e. The van der Waals surface area contributed by atoms with Gasteiger partial charge in [0.05, 0.1) is 22.8 Å². The highest BCUT2D eigenvalue weighted by molar-refractivity contribution is 7.12. The van der Waals surface area contributed by atoms with E-state index in [2.05, 4.69) is 19.9 Å². The van der Waals surface area contributed by atoms with Crippen molar-refractivity contribution >= 4 is 11.3 Å². The molecule has 0 radical (unpaired) electrons. The number of aromatic nitrogens is 4. The molecule has 0 saturated carbocycles. The van der Waals surface area contributed by atoms with Crippen molar-refractivity contribution in [3.8, 4) is 0 Å². The summed E-state index contributed by atoms with van der Waals surface area (Å²) < 4.78 is 0. The second-order valence-corrected chi connectivity index (χ2v) is 8.53. The molecule has 0 atom stereocenters. The maximum Gasteiger partial charge on any atom is 0.183 e. The van der Waals surface area contributed by atoms with Crippen LogP contribution in [-0.4, -0.2) is 30.1 Å². The number of hydrogen-bond acceptors (Lipinski definition) is 7. The number of aliphatic hydroxyl groups is 2. The monoisotopic (exact) mass is 452 g/mol. The molecular formula is C26H20N4O2S. The largest absolute Gasteiger partial charge is 0.372 e. The smallest absolute Gasteiger partial charge is 0.183 e. The van der Waals surface area contributed by atoms with Crippen LogP contribution in [0.15, 0.2) is 110 Å². The first-order chi connectivity index (χ1) is 16.1. The van der Waals surface area contributed by atoms with Gasteiger partial charge in [0.15, 0.2) is 11.2 Å². The summed E-state index contributed by atoms with van der Waals surface area (Å²) in [5.41, 5.74) is -1.43. The minimum absolute atomic E-state index is 0.441. The zero-order chi connectivity index (χ0) is 22.7. The number of nitrogens with zero attached hydrogens (tertiary/aromatic N) is 4. The van der Waals surface area contributed by atoms with Crippen molar-refractivity contribution in [3.63, 3.8) is 0 Å². The standard InChI is InChI=1S/C26H20N4O2S/c31-25(19-9-1-5-15-27-19,20-10-2-6-16-28-20)23-13-14-24(33-23)26(32,21-11-3-7-17-29-21)22-12-4-8-18-30-22/h1-18,31-32H. The minimum atomic E-state index is -1.60. The first kappa shape index (κ1) is 21.1. The molecule has 0 aliphatic rings. The summed E-state index contributed by atoms with van der Waals surface area (Å²) >= 11 is 1.27. The molecule has 5 aromatic rings. The molecule has 0 aliphatic carbocycles. The second kappa shape index (κ2) is 8.63. The molecule has 0 fully saturated rings. The van der Waals surface area contributed by atoms with Gasteiger partial charge in [-0.25, -0.2) is 0 Å². The quantitative estimate of drug-likeness (QED) is 0.406. The number of rotatable bonds is 6. The first-order valence-corrected chi connectivity index (χ1v) is 11.2. The Bertz CT molecular complexity index is 1150. The molecule has 0 saturated heterocycles. The van der Waals surface area contributed by atoms with E-state index in [-0.39, 0.29) is 0 Å². The zero-order valence-corrected chi connectivity index (χ0v) is 18.3. The van der Waals surface area contributed by atoms with E-state index < -0.39 is 11.2 Å². The van der Waals surface area contributed by atoms with Gasteiger partial charge in [0.2, 0.25) is 0 Å².